The monoisotopic (exact) mass is 473 g/mol. The number of amidine groups is 1. The molecule has 10 heteroatoms. The van der Waals surface area contributed by atoms with Crippen LogP contribution in [0.2, 0.25) is 0 Å². The average Bonchev–Trinajstić information content (AvgIpc) is 2.84. The average molecular weight is 474 g/mol. The van der Waals surface area contributed by atoms with Crippen molar-refractivity contribution in [1.82, 2.24) is 9.80 Å². The van der Waals surface area contributed by atoms with Crippen molar-refractivity contribution in [1.29, 1.82) is 0 Å². The second kappa shape index (κ2) is 11.6. The quantitative estimate of drug-likeness (QED) is 0.314. The lowest BCUT2D eigenvalue weighted by Gasteiger charge is -2.40. The molecule has 34 heavy (non-hydrogen) atoms. The second-order valence-corrected chi connectivity index (χ2v) is 7.88. The van der Waals surface area contributed by atoms with Gasteiger partial charge in [-0.3, -0.25) is 9.69 Å². The molecule has 0 aromatic carbocycles. The number of hydrogen-bond donors (Lipinski definition) is 0. The molecular weight excluding hydrogens is 442 g/mol. The minimum absolute atomic E-state index is 0.0220. The van der Waals surface area contributed by atoms with Crippen LogP contribution in [0, 0.1) is 0 Å². The molecule has 1 atom stereocenters. The first-order chi connectivity index (χ1) is 16.4. The Bertz CT molecular complexity index is 944. The van der Waals surface area contributed by atoms with Crippen molar-refractivity contribution in [2.75, 3.05) is 19.8 Å². The van der Waals surface area contributed by atoms with Gasteiger partial charge in [0.2, 0.25) is 0 Å². The van der Waals surface area contributed by atoms with Gasteiger partial charge in [-0.1, -0.05) is 25.3 Å². The summed E-state index contributed by atoms with van der Waals surface area (Å²) in [7, 11) is 0. The number of carbonyl (C=O) groups is 4. The van der Waals surface area contributed by atoms with Gasteiger partial charge < -0.3 is 19.1 Å². The predicted molar refractivity (Wildman–Crippen MR) is 122 cm³/mol. The van der Waals surface area contributed by atoms with E-state index in [1.807, 2.05) is 0 Å². The molecule has 2 heterocycles. The molecule has 1 aliphatic carbocycles. The number of fused-ring (bicyclic) bond motifs is 1. The van der Waals surface area contributed by atoms with Crippen molar-refractivity contribution in [2.24, 2.45) is 4.99 Å². The van der Waals surface area contributed by atoms with Crippen molar-refractivity contribution in [2.45, 2.75) is 65.0 Å². The molecule has 2 aliphatic heterocycles. The molecule has 3 aliphatic rings. The number of rotatable bonds is 7. The number of nitrogens with zero attached hydrogens (tertiary/aromatic N) is 3. The molecule has 1 saturated carbocycles. The Kier molecular flexibility index (Phi) is 8.61. The van der Waals surface area contributed by atoms with E-state index in [0.29, 0.717) is 18.7 Å². The summed E-state index contributed by atoms with van der Waals surface area (Å²) in [5.74, 6) is -3.21. The molecule has 0 radical (unpaired) electrons. The van der Waals surface area contributed by atoms with E-state index in [1.54, 1.807) is 45.2 Å². The zero-order chi connectivity index (χ0) is 24.7. The third-order valence-electron chi connectivity index (χ3n) is 5.72. The van der Waals surface area contributed by atoms with E-state index in [9.17, 15) is 19.2 Å². The van der Waals surface area contributed by atoms with Gasteiger partial charge in [0.25, 0.3) is 0 Å². The minimum Gasteiger partial charge on any atom is -0.464 e. The molecule has 184 valence electrons. The summed E-state index contributed by atoms with van der Waals surface area (Å²) in [5.41, 5.74) is -0.146. The van der Waals surface area contributed by atoms with E-state index in [0.717, 1.165) is 19.3 Å². The van der Waals surface area contributed by atoms with Gasteiger partial charge in [0, 0.05) is 12.2 Å². The van der Waals surface area contributed by atoms with Crippen molar-refractivity contribution in [3.63, 3.8) is 0 Å². The minimum atomic E-state index is -1.23. The third kappa shape index (κ3) is 5.21. The van der Waals surface area contributed by atoms with Gasteiger partial charge in [-0.25, -0.2) is 19.4 Å². The fourth-order valence-electron chi connectivity index (χ4n) is 4.30. The number of esters is 3. The Labute approximate surface area is 198 Å². The van der Waals surface area contributed by atoms with Crippen molar-refractivity contribution in [3.05, 3.63) is 35.8 Å². The lowest BCUT2D eigenvalue weighted by molar-refractivity contribution is -0.160. The van der Waals surface area contributed by atoms with E-state index in [2.05, 4.69) is 4.99 Å². The fourth-order valence-corrected chi connectivity index (χ4v) is 4.30. The Balaban J connectivity index is 2.23. The molecule has 0 saturated heterocycles. The Morgan fingerprint density at radius 2 is 1.65 bits per heavy atom. The number of amides is 1. The van der Waals surface area contributed by atoms with Crippen molar-refractivity contribution >= 4 is 29.7 Å². The summed E-state index contributed by atoms with van der Waals surface area (Å²) >= 11 is 0. The van der Waals surface area contributed by atoms with Crippen molar-refractivity contribution in [3.8, 4) is 0 Å². The van der Waals surface area contributed by atoms with E-state index < -0.39 is 29.9 Å². The maximum absolute atomic E-state index is 13.4. The van der Waals surface area contributed by atoms with Gasteiger partial charge in [0.1, 0.15) is 11.4 Å². The topological polar surface area (TPSA) is 115 Å². The van der Waals surface area contributed by atoms with Crippen LogP contribution in [0.4, 0.5) is 0 Å². The van der Waals surface area contributed by atoms with E-state index in [-0.39, 0.29) is 37.3 Å². The highest BCUT2D eigenvalue weighted by Gasteiger charge is 2.46. The highest BCUT2D eigenvalue weighted by atomic mass is 16.5. The number of ether oxygens (including phenoxy) is 3. The molecular formula is C24H31N3O7. The maximum Gasteiger partial charge on any atom is 0.397 e. The summed E-state index contributed by atoms with van der Waals surface area (Å²) in [6.07, 6.45) is 10.6. The van der Waals surface area contributed by atoms with Crippen LogP contribution in [0.1, 0.15) is 52.9 Å². The molecule has 1 unspecified atom stereocenters. The normalized spacial score (nSPS) is 19.8. The molecule has 10 nitrogen and oxygen atoms in total. The Morgan fingerprint density at radius 1 is 0.971 bits per heavy atom. The number of allylic oxidation sites excluding steroid dienone is 2. The SMILES string of the molecule is CCOC(=O)C(=O)N(C1=C(C(=O)OCC)C(C(=O)OCC)N2C=CC=CC2=N1)C1CCCCC1. The van der Waals surface area contributed by atoms with Crippen molar-refractivity contribution < 1.29 is 33.4 Å². The molecule has 0 bridgehead atoms. The summed E-state index contributed by atoms with van der Waals surface area (Å²) < 4.78 is 15.5. The first-order valence-corrected chi connectivity index (χ1v) is 11.7. The first-order valence-electron chi connectivity index (χ1n) is 11.7. The van der Waals surface area contributed by atoms with Crippen LogP contribution in [-0.2, 0) is 33.4 Å². The number of aliphatic imine (C=N–C) groups is 1. The zero-order valence-electron chi connectivity index (χ0n) is 19.8. The van der Waals surface area contributed by atoms with E-state index in [4.69, 9.17) is 14.2 Å². The van der Waals surface area contributed by atoms with Crippen LogP contribution in [0.3, 0.4) is 0 Å². The molecule has 0 spiro atoms. The lowest BCUT2D eigenvalue weighted by atomic mass is 9.93. The van der Waals surface area contributed by atoms with Gasteiger partial charge in [0.05, 0.1) is 19.8 Å². The van der Waals surface area contributed by atoms with Gasteiger partial charge in [-0.2, -0.15) is 0 Å². The molecule has 1 fully saturated rings. The van der Waals surface area contributed by atoms with Crippen LogP contribution in [0.15, 0.2) is 40.8 Å². The molecule has 0 N–H and O–H groups in total. The Hall–Kier alpha value is -3.43. The fraction of sp³-hybridized carbons (Fsp3) is 0.542. The third-order valence-corrected chi connectivity index (χ3v) is 5.72. The summed E-state index contributed by atoms with van der Waals surface area (Å²) in [4.78, 5) is 59.6. The number of carbonyl (C=O) groups excluding carboxylic acids is 4. The molecule has 1 amide bonds. The second-order valence-electron chi connectivity index (χ2n) is 7.88. The van der Waals surface area contributed by atoms with Crippen LogP contribution >= 0.6 is 0 Å². The van der Waals surface area contributed by atoms with Gasteiger partial charge >= 0.3 is 23.8 Å². The summed E-state index contributed by atoms with van der Waals surface area (Å²) in [6.45, 7) is 5.07. The van der Waals surface area contributed by atoms with Gasteiger partial charge in [0.15, 0.2) is 11.9 Å². The highest BCUT2D eigenvalue weighted by molar-refractivity contribution is 6.33. The highest BCUT2D eigenvalue weighted by Crippen LogP contribution is 2.34. The van der Waals surface area contributed by atoms with Gasteiger partial charge in [-0.05, 0) is 45.8 Å². The number of hydrogen-bond acceptors (Lipinski definition) is 9. The standard InChI is InChI=1S/C24H31N3O7/c1-4-32-22(29)18-19(23(30)33-5-2)26-15-11-10-14-17(26)25-20(18)27(16-12-8-7-9-13-16)21(28)24(31)34-6-3/h10-11,14-16,19H,4-9,12-13H2,1-3H3. The lowest BCUT2D eigenvalue weighted by Crippen LogP contribution is -2.53. The molecule has 0 aromatic heterocycles. The molecule has 3 rings (SSSR count). The Morgan fingerprint density at radius 3 is 2.29 bits per heavy atom. The first kappa shape index (κ1) is 25.2. The largest absolute Gasteiger partial charge is 0.464 e. The zero-order valence-corrected chi connectivity index (χ0v) is 19.8. The molecule has 0 aromatic rings. The van der Waals surface area contributed by atoms with Crippen LogP contribution in [0.5, 0.6) is 0 Å². The van der Waals surface area contributed by atoms with Crippen LogP contribution in [0.25, 0.3) is 0 Å². The van der Waals surface area contributed by atoms with Crippen LogP contribution in [-0.4, -0.2) is 71.4 Å². The summed E-state index contributed by atoms with van der Waals surface area (Å²) in [6, 6.07) is -1.62. The maximum atomic E-state index is 13.4. The van der Waals surface area contributed by atoms with E-state index in [1.165, 1.54) is 9.80 Å². The van der Waals surface area contributed by atoms with Crippen LogP contribution < -0.4 is 0 Å². The summed E-state index contributed by atoms with van der Waals surface area (Å²) in [5, 5.41) is 0. The van der Waals surface area contributed by atoms with Gasteiger partial charge in [-0.15, -0.1) is 0 Å². The van der Waals surface area contributed by atoms with E-state index >= 15 is 0 Å². The smallest absolute Gasteiger partial charge is 0.397 e. The predicted octanol–water partition coefficient (Wildman–Crippen LogP) is 2.21.